The van der Waals surface area contributed by atoms with Crippen molar-refractivity contribution in [2.75, 3.05) is 31.6 Å². The predicted molar refractivity (Wildman–Crippen MR) is 97.6 cm³/mol. The van der Waals surface area contributed by atoms with Gasteiger partial charge in [0.05, 0.1) is 7.11 Å². The van der Waals surface area contributed by atoms with Gasteiger partial charge in [-0.2, -0.15) is 0 Å². The molecule has 1 saturated heterocycles. The first kappa shape index (κ1) is 17.3. The number of thiophene rings is 1. The molecule has 24 heavy (non-hydrogen) atoms. The Bertz CT molecular complexity index is 784. The first-order valence-corrected chi connectivity index (χ1v) is 10.2. The lowest BCUT2D eigenvalue weighted by Gasteiger charge is -2.19. The predicted octanol–water partition coefficient (Wildman–Crippen LogP) is 2.87. The van der Waals surface area contributed by atoms with Crippen molar-refractivity contribution in [3.63, 3.8) is 0 Å². The van der Waals surface area contributed by atoms with Crippen molar-refractivity contribution in [3.8, 4) is 5.75 Å². The summed E-state index contributed by atoms with van der Waals surface area (Å²) in [6.07, 6.45) is 0.984. The molecule has 0 radical (unpaired) electrons. The molecule has 0 amide bonds. The minimum absolute atomic E-state index is 0.322. The number of hydrogen-bond acceptors (Lipinski definition) is 5. The zero-order chi connectivity index (χ0) is 17.2. The fraction of sp³-hybridized carbons (Fsp3) is 0.412. The van der Waals surface area contributed by atoms with Gasteiger partial charge in [-0.3, -0.25) is 0 Å². The normalized spacial score (nSPS) is 18.1. The Hall–Kier alpha value is -1.57. The van der Waals surface area contributed by atoms with Crippen LogP contribution in [-0.4, -0.2) is 35.2 Å². The maximum Gasteiger partial charge on any atom is 0.250 e. The van der Waals surface area contributed by atoms with Gasteiger partial charge in [-0.15, -0.1) is 11.3 Å². The molecule has 130 valence electrons. The van der Waals surface area contributed by atoms with Crippen LogP contribution in [0.2, 0.25) is 0 Å². The van der Waals surface area contributed by atoms with Gasteiger partial charge in [0.1, 0.15) is 9.96 Å². The second-order valence-electron chi connectivity index (χ2n) is 6.02. The van der Waals surface area contributed by atoms with E-state index >= 15 is 0 Å². The van der Waals surface area contributed by atoms with Gasteiger partial charge in [0.25, 0.3) is 0 Å². The number of rotatable bonds is 6. The van der Waals surface area contributed by atoms with E-state index in [4.69, 9.17) is 4.74 Å². The minimum Gasteiger partial charge on any atom is -0.497 e. The molecule has 2 aromatic rings. The Morgan fingerprint density at radius 2 is 2.00 bits per heavy atom. The number of sulfonamides is 1. The van der Waals surface area contributed by atoms with Crippen molar-refractivity contribution in [1.82, 2.24) is 4.72 Å². The van der Waals surface area contributed by atoms with E-state index in [9.17, 15) is 8.42 Å². The number of benzene rings is 1. The monoisotopic (exact) mass is 366 g/mol. The molecule has 0 spiro atoms. The van der Waals surface area contributed by atoms with Crippen molar-refractivity contribution >= 4 is 27.0 Å². The van der Waals surface area contributed by atoms with E-state index in [-0.39, 0.29) is 0 Å². The first-order valence-electron chi connectivity index (χ1n) is 7.93. The second-order valence-corrected chi connectivity index (χ2v) is 9.30. The van der Waals surface area contributed by atoms with E-state index in [2.05, 4.69) is 9.62 Å². The summed E-state index contributed by atoms with van der Waals surface area (Å²) in [7, 11) is -1.73. The van der Waals surface area contributed by atoms with Crippen LogP contribution in [0.1, 0.15) is 11.3 Å². The summed E-state index contributed by atoms with van der Waals surface area (Å²) in [5.74, 6) is 1.16. The molecular formula is C17H22N2O3S2. The van der Waals surface area contributed by atoms with Crippen LogP contribution in [0.25, 0.3) is 0 Å². The maximum atomic E-state index is 12.3. The molecule has 1 atom stereocenters. The number of nitrogens with zero attached hydrogens (tertiary/aromatic N) is 1. The Labute approximate surface area is 147 Å². The molecule has 7 heteroatoms. The van der Waals surface area contributed by atoms with Crippen molar-refractivity contribution in [2.24, 2.45) is 5.92 Å². The van der Waals surface area contributed by atoms with Crippen LogP contribution in [0.5, 0.6) is 5.75 Å². The Balaban J connectivity index is 1.56. The highest BCUT2D eigenvalue weighted by atomic mass is 32.2. The van der Waals surface area contributed by atoms with E-state index in [0.717, 1.165) is 35.8 Å². The number of anilines is 1. The summed E-state index contributed by atoms with van der Waals surface area (Å²) in [6, 6.07) is 11.5. The Morgan fingerprint density at radius 3 is 2.62 bits per heavy atom. The number of hydrogen-bond donors (Lipinski definition) is 1. The highest BCUT2D eigenvalue weighted by molar-refractivity contribution is 7.91. The number of ether oxygens (including phenoxy) is 1. The second kappa shape index (κ2) is 7.13. The molecule has 1 aromatic heterocycles. The van der Waals surface area contributed by atoms with Crippen LogP contribution in [0.15, 0.2) is 40.6 Å². The summed E-state index contributed by atoms with van der Waals surface area (Å²) in [5, 5.41) is 0. The van der Waals surface area contributed by atoms with Crippen LogP contribution in [0.4, 0.5) is 5.69 Å². The molecule has 1 unspecified atom stereocenters. The summed E-state index contributed by atoms with van der Waals surface area (Å²) in [6.45, 7) is 4.19. The van der Waals surface area contributed by atoms with Crippen LogP contribution in [0.3, 0.4) is 0 Å². The molecule has 5 nitrogen and oxygen atoms in total. The topological polar surface area (TPSA) is 58.6 Å². The third kappa shape index (κ3) is 3.91. The number of nitrogens with one attached hydrogen (secondary N) is 1. The molecule has 0 aliphatic carbocycles. The SMILES string of the molecule is COc1ccc(N2CCC(CNS(=O)(=O)c3ccc(C)s3)C2)cc1. The van der Waals surface area contributed by atoms with E-state index in [1.165, 1.54) is 11.3 Å². The van der Waals surface area contributed by atoms with E-state index in [0.29, 0.717) is 16.7 Å². The zero-order valence-electron chi connectivity index (χ0n) is 13.9. The Kier molecular flexibility index (Phi) is 5.12. The molecule has 3 rings (SSSR count). The van der Waals surface area contributed by atoms with Crippen LogP contribution < -0.4 is 14.4 Å². The molecular weight excluding hydrogens is 344 g/mol. The minimum atomic E-state index is -3.38. The van der Waals surface area contributed by atoms with E-state index in [1.807, 2.05) is 37.3 Å². The lowest BCUT2D eigenvalue weighted by Crippen LogP contribution is -2.30. The van der Waals surface area contributed by atoms with Gasteiger partial charge >= 0.3 is 0 Å². The summed E-state index contributed by atoms with van der Waals surface area (Å²) in [5.41, 5.74) is 1.15. The van der Waals surface area contributed by atoms with Gasteiger partial charge in [-0.25, -0.2) is 13.1 Å². The molecule has 1 aliphatic heterocycles. The zero-order valence-corrected chi connectivity index (χ0v) is 15.5. The summed E-state index contributed by atoms with van der Waals surface area (Å²) >= 11 is 1.31. The molecule has 1 aromatic carbocycles. The van der Waals surface area contributed by atoms with Crippen LogP contribution in [-0.2, 0) is 10.0 Å². The van der Waals surface area contributed by atoms with Crippen molar-refractivity contribution in [1.29, 1.82) is 0 Å². The average Bonchev–Trinajstić information content (AvgIpc) is 3.22. The van der Waals surface area contributed by atoms with Crippen LogP contribution in [0, 0.1) is 12.8 Å². The molecule has 1 fully saturated rings. The maximum absolute atomic E-state index is 12.3. The van der Waals surface area contributed by atoms with Crippen molar-refractivity contribution in [3.05, 3.63) is 41.3 Å². The van der Waals surface area contributed by atoms with Crippen molar-refractivity contribution < 1.29 is 13.2 Å². The summed E-state index contributed by atoms with van der Waals surface area (Å²) < 4.78 is 32.9. The fourth-order valence-electron chi connectivity index (χ4n) is 2.88. The molecule has 1 aliphatic rings. The van der Waals surface area contributed by atoms with Gasteiger partial charge in [0.2, 0.25) is 10.0 Å². The fourth-order valence-corrected chi connectivity index (χ4v) is 5.33. The molecule has 2 heterocycles. The third-order valence-electron chi connectivity index (χ3n) is 4.27. The lowest BCUT2D eigenvalue weighted by atomic mass is 10.1. The molecule has 0 bridgehead atoms. The molecule has 1 N–H and O–H groups in total. The van der Waals surface area contributed by atoms with Gasteiger partial charge < -0.3 is 9.64 Å². The molecule has 0 saturated carbocycles. The first-order chi connectivity index (χ1) is 11.5. The third-order valence-corrected chi connectivity index (χ3v) is 7.18. The smallest absolute Gasteiger partial charge is 0.250 e. The van der Waals surface area contributed by atoms with E-state index in [1.54, 1.807) is 13.2 Å². The van der Waals surface area contributed by atoms with Crippen molar-refractivity contribution in [2.45, 2.75) is 17.6 Å². The average molecular weight is 367 g/mol. The van der Waals surface area contributed by atoms with Gasteiger partial charge in [0, 0.05) is 30.2 Å². The Morgan fingerprint density at radius 1 is 1.25 bits per heavy atom. The lowest BCUT2D eigenvalue weighted by molar-refractivity contribution is 0.415. The standard InChI is InChI=1S/C17H22N2O3S2/c1-13-3-8-17(23-13)24(20,21)18-11-14-9-10-19(12-14)15-4-6-16(22-2)7-5-15/h3-8,14,18H,9-12H2,1-2H3. The number of aryl methyl sites for hydroxylation is 1. The van der Waals surface area contributed by atoms with Gasteiger partial charge in [-0.05, 0) is 55.7 Å². The number of methoxy groups -OCH3 is 1. The largest absolute Gasteiger partial charge is 0.497 e. The van der Waals surface area contributed by atoms with E-state index < -0.39 is 10.0 Å². The van der Waals surface area contributed by atoms with Gasteiger partial charge in [-0.1, -0.05) is 0 Å². The van der Waals surface area contributed by atoms with Crippen LogP contribution >= 0.6 is 11.3 Å². The quantitative estimate of drug-likeness (QED) is 0.854. The summed E-state index contributed by atoms with van der Waals surface area (Å²) in [4.78, 5) is 3.29. The highest BCUT2D eigenvalue weighted by Crippen LogP contribution is 2.26. The highest BCUT2D eigenvalue weighted by Gasteiger charge is 2.25. The van der Waals surface area contributed by atoms with Gasteiger partial charge in [0.15, 0.2) is 0 Å².